The van der Waals surface area contributed by atoms with Crippen molar-refractivity contribution in [1.29, 1.82) is 0 Å². The van der Waals surface area contributed by atoms with Gasteiger partial charge in [-0.25, -0.2) is 0 Å². The number of furan rings is 1. The van der Waals surface area contributed by atoms with E-state index in [0.29, 0.717) is 6.54 Å². The SMILES string of the molecule is NCc1occc1-c1cccc2cnccc12. The van der Waals surface area contributed by atoms with Crippen LogP contribution in [0.25, 0.3) is 21.9 Å². The molecular formula is C14H12N2O. The molecule has 0 amide bonds. The van der Waals surface area contributed by atoms with Crippen molar-refractivity contribution < 1.29 is 4.42 Å². The molecular weight excluding hydrogens is 212 g/mol. The van der Waals surface area contributed by atoms with E-state index in [1.807, 2.05) is 30.5 Å². The minimum Gasteiger partial charge on any atom is -0.467 e. The third kappa shape index (κ3) is 1.61. The van der Waals surface area contributed by atoms with E-state index in [0.717, 1.165) is 22.3 Å². The molecule has 3 heteroatoms. The molecule has 84 valence electrons. The van der Waals surface area contributed by atoms with Crippen molar-refractivity contribution >= 4 is 10.8 Å². The molecule has 2 N–H and O–H groups in total. The molecule has 0 fully saturated rings. The summed E-state index contributed by atoms with van der Waals surface area (Å²) in [5.41, 5.74) is 7.87. The van der Waals surface area contributed by atoms with Gasteiger partial charge in [0, 0.05) is 23.3 Å². The Hall–Kier alpha value is -2.13. The van der Waals surface area contributed by atoms with Crippen molar-refractivity contribution in [2.75, 3.05) is 0 Å². The molecule has 0 radical (unpaired) electrons. The van der Waals surface area contributed by atoms with Gasteiger partial charge in [-0.15, -0.1) is 0 Å². The smallest absolute Gasteiger partial charge is 0.125 e. The van der Waals surface area contributed by atoms with Crippen LogP contribution in [-0.2, 0) is 6.54 Å². The molecule has 0 atom stereocenters. The maximum absolute atomic E-state index is 5.67. The van der Waals surface area contributed by atoms with E-state index in [1.165, 1.54) is 5.39 Å². The molecule has 2 aromatic heterocycles. The van der Waals surface area contributed by atoms with Gasteiger partial charge in [0.15, 0.2) is 0 Å². The van der Waals surface area contributed by atoms with Crippen LogP contribution in [0.3, 0.4) is 0 Å². The second-order valence-corrected chi connectivity index (χ2v) is 3.86. The van der Waals surface area contributed by atoms with Gasteiger partial charge in [0.2, 0.25) is 0 Å². The number of hydrogen-bond acceptors (Lipinski definition) is 3. The van der Waals surface area contributed by atoms with Crippen molar-refractivity contribution in [2.45, 2.75) is 6.54 Å². The van der Waals surface area contributed by atoms with Crippen LogP contribution >= 0.6 is 0 Å². The van der Waals surface area contributed by atoms with E-state index < -0.39 is 0 Å². The molecule has 0 spiro atoms. The van der Waals surface area contributed by atoms with Gasteiger partial charge in [-0.2, -0.15) is 0 Å². The van der Waals surface area contributed by atoms with Crippen LogP contribution in [-0.4, -0.2) is 4.98 Å². The number of nitrogens with zero attached hydrogens (tertiary/aromatic N) is 1. The first-order valence-electron chi connectivity index (χ1n) is 5.49. The highest BCUT2D eigenvalue weighted by Gasteiger charge is 2.09. The fraction of sp³-hybridized carbons (Fsp3) is 0.0714. The normalized spacial score (nSPS) is 10.9. The summed E-state index contributed by atoms with van der Waals surface area (Å²) in [6.07, 6.45) is 5.34. The number of benzene rings is 1. The minimum atomic E-state index is 0.407. The Morgan fingerprint density at radius 1 is 1.12 bits per heavy atom. The van der Waals surface area contributed by atoms with E-state index in [-0.39, 0.29) is 0 Å². The number of nitrogens with two attached hydrogens (primary N) is 1. The van der Waals surface area contributed by atoms with E-state index in [2.05, 4.69) is 11.1 Å². The fourth-order valence-electron chi connectivity index (χ4n) is 2.10. The Labute approximate surface area is 98.9 Å². The zero-order valence-electron chi connectivity index (χ0n) is 9.26. The van der Waals surface area contributed by atoms with Crippen LogP contribution in [0.1, 0.15) is 5.76 Å². The highest BCUT2D eigenvalue weighted by atomic mass is 16.3. The first kappa shape index (κ1) is 10.1. The average molecular weight is 224 g/mol. The predicted octanol–water partition coefficient (Wildman–Crippen LogP) is 2.95. The van der Waals surface area contributed by atoms with Crippen LogP contribution in [0.15, 0.2) is 53.4 Å². The summed E-state index contributed by atoms with van der Waals surface area (Å²) in [6, 6.07) is 10.1. The Balaban J connectivity index is 2.31. The highest BCUT2D eigenvalue weighted by Crippen LogP contribution is 2.31. The van der Waals surface area contributed by atoms with Crippen molar-refractivity contribution in [2.24, 2.45) is 5.73 Å². The molecule has 3 aromatic rings. The number of rotatable bonds is 2. The van der Waals surface area contributed by atoms with Crippen molar-refractivity contribution in [3.8, 4) is 11.1 Å². The van der Waals surface area contributed by atoms with Gasteiger partial charge in [0.05, 0.1) is 12.8 Å². The van der Waals surface area contributed by atoms with Gasteiger partial charge in [-0.1, -0.05) is 18.2 Å². The zero-order chi connectivity index (χ0) is 11.7. The van der Waals surface area contributed by atoms with Crippen LogP contribution in [0.2, 0.25) is 0 Å². The van der Waals surface area contributed by atoms with E-state index in [1.54, 1.807) is 12.5 Å². The molecule has 0 bridgehead atoms. The average Bonchev–Trinajstić information content (AvgIpc) is 2.86. The summed E-state index contributed by atoms with van der Waals surface area (Å²) in [6.45, 7) is 0.407. The number of aromatic nitrogens is 1. The summed E-state index contributed by atoms with van der Waals surface area (Å²) in [5, 5.41) is 2.28. The molecule has 1 aromatic carbocycles. The molecule has 3 nitrogen and oxygen atoms in total. The molecule has 0 aliphatic carbocycles. The third-order valence-electron chi connectivity index (χ3n) is 2.90. The molecule has 0 aliphatic rings. The Morgan fingerprint density at radius 3 is 2.94 bits per heavy atom. The Bertz CT molecular complexity index is 653. The largest absolute Gasteiger partial charge is 0.467 e. The summed E-state index contributed by atoms with van der Waals surface area (Å²) in [4.78, 5) is 4.13. The lowest BCUT2D eigenvalue weighted by atomic mass is 10.00. The molecule has 0 unspecified atom stereocenters. The van der Waals surface area contributed by atoms with Crippen molar-refractivity contribution in [3.63, 3.8) is 0 Å². The second-order valence-electron chi connectivity index (χ2n) is 3.86. The van der Waals surface area contributed by atoms with Gasteiger partial charge in [0.1, 0.15) is 5.76 Å². The zero-order valence-corrected chi connectivity index (χ0v) is 9.26. The number of hydrogen-bond donors (Lipinski definition) is 1. The first-order chi connectivity index (χ1) is 8.40. The molecule has 2 heterocycles. The number of fused-ring (bicyclic) bond motifs is 1. The first-order valence-corrected chi connectivity index (χ1v) is 5.49. The molecule has 3 rings (SSSR count). The van der Waals surface area contributed by atoms with Crippen molar-refractivity contribution in [3.05, 3.63) is 54.7 Å². The lowest BCUT2D eigenvalue weighted by Gasteiger charge is -2.05. The van der Waals surface area contributed by atoms with E-state index in [4.69, 9.17) is 10.2 Å². The summed E-state index contributed by atoms with van der Waals surface area (Å²) in [7, 11) is 0. The van der Waals surface area contributed by atoms with Crippen LogP contribution in [0, 0.1) is 0 Å². The minimum absolute atomic E-state index is 0.407. The second kappa shape index (κ2) is 4.03. The predicted molar refractivity (Wildman–Crippen MR) is 67.3 cm³/mol. The summed E-state index contributed by atoms with van der Waals surface area (Å²) >= 11 is 0. The summed E-state index contributed by atoms with van der Waals surface area (Å²) in [5.74, 6) is 0.814. The maximum atomic E-state index is 5.67. The maximum Gasteiger partial charge on any atom is 0.125 e. The Morgan fingerprint density at radius 2 is 2.06 bits per heavy atom. The van der Waals surface area contributed by atoms with E-state index >= 15 is 0 Å². The van der Waals surface area contributed by atoms with Crippen LogP contribution < -0.4 is 5.73 Å². The van der Waals surface area contributed by atoms with Gasteiger partial charge in [0.25, 0.3) is 0 Å². The quantitative estimate of drug-likeness (QED) is 0.728. The topological polar surface area (TPSA) is 52.0 Å². The summed E-state index contributed by atoms with van der Waals surface area (Å²) < 4.78 is 5.38. The monoisotopic (exact) mass is 224 g/mol. The standard InChI is InChI=1S/C14H12N2O/c15-8-14-13(5-7-17-14)12-3-1-2-10-9-16-6-4-11(10)12/h1-7,9H,8,15H2. The van der Waals surface area contributed by atoms with E-state index in [9.17, 15) is 0 Å². The molecule has 0 saturated carbocycles. The molecule has 0 saturated heterocycles. The van der Waals surface area contributed by atoms with Crippen LogP contribution in [0.4, 0.5) is 0 Å². The third-order valence-corrected chi connectivity index (χ3v) is 2.90. The fourth-order valence-corrected chi connectivity index (χ4v) is 2.10. The Kier molecular flexibility index (Phi) is 2.38. The lowest BCUT2D eigenvalue weighted by molar-refractivity contribution is 0.513. The van der Waals surface area contributed by atoms with Crippen LogP contribution in [0.5, 0.6) is 0 Å². The van der Waals surface area contributed by atoms with Gasteiger partial charge in [-0.3, -0.25) is 4.98 Å². The molecule has 0 aliphatic heterocycles. The van der Waals surface area contributed by atoms with Gasteiger partial charge >= 0.3 is 0 Å². The number of pyridine rings is 1. The highest BCUT2D eigenvalue weighted by molar-refractivity contribution is 5.96. The van der Waals surface area contributed by atoms with Gasteiger partial charge in [-0.05, 0) is 23.1 Å². The van der Waals surface area contributed by atoms with Crippen molar-refractivity contribution in [1.82, 2.24) is 4.98 Å². The van der Waals surface area contributed by atoms with Gasteiger partial charge < -0.3 is 10.2 Å². The molecule has 17 heavy (non-hydrogen) atoms. The lowest BCUT2D eigenvalue weighted by Crippen LogP contribution is -1.96.